The molecule has 10 heteroatoms. The van der Waals surface area contributed by atoms with Gasteiger partial charge < -0.3 is 19.5 Å². The summed E-state index contributed by atoms with van der Waals surface area (Å²) in [4.78, 5) is 36.5. The van der Waals surface area contributed by atoms with Crippen molar-refractivity contribution in [1.82, 2.24) is 5.43 Å². The standard InChI is InChI=1S/C24H20ClN3O6/c1-32-19-10-6-3-7-16(19)24(31)34-20-12-11-15(13-21(20)33-2)14-26-28-23(30)22(29)27-18-9-5-4-8-17(18)25/h3-14H,1-2H3,(H,27,29)(H,28,30)/b26-14+. The minimum Gasteiger partial charge on any atom is -0.496 e. The number of hydrogen-bond acceptors (Lipinski definition) is 7. The van der Waals surface area contributed by atoms with Gasteiger partial charge in [0.2, 0.25) is 0 Å². The number of hydrazone groups is 1. The SMILES string of the molecule is COc1cc(/C=N/NC(=O)C(=O)Nc2ccccc2Cl)ccc1OC(=O)c1ccccc1OC. The molecule has 2 N–H and O–H groups in total. The van der Waals surface area contributed by atoms with Crippen LogP contribution < -0.4 is 25.0 Å². The average Bonchev–Trinajstić information content (AvgIpc) is 2.85. The number of hydrogen-bond donors (Lipinski definition) is 2. The zero-order valence-electron chi connectivity index (χ0n) is 18.2. The molecule has 3 aromatic rings. The van der Waals surface area contributed by atoms with E-state index in [1.54, 1.807) is 60.7 Å². The number of rotatable bonds is 7. The Hall–Kier alpha value is -4.37. The highest BCUT2D eigenvalue weighted by atomic mass is 35.5. The molecule has 3 aromatic carbocycles. The van der Waals surface area contributed by atoms with Gasteiger partial charge in [0.25, 0.3) is 0 Å². The van der Waals surface area contributed by atoms with Crippen molar-refractivity contribution in [3.63, 3.8) is 0 Å². The predicted molar refractivity (Wildman–Crippen MR) is 127 cm³/mol. The minimum atomic E-state index is -0.981. The number of benzene rings is 3. The fraction of sp³-hybridized carbons (Fsp3) is 0.0833. The van der Waals surface area contributed by atoms with Gasteiger partial charge in [-0.25, -0.2) is 10.2 Å². The van der Waals surface area contributed by atoms with Crippen molar-refractivity contribution in [2.75, 3.05) is 19.5 Å². The first-order valence-electron chi connectivity index (χ1n) is 9.85. The van der Waals surface area contributed by atoms with Crippen LogP contribution in [-0.2, 0) is 9.59 Å². The van der Waals surface area contributed by atoms with Crippen LogP contribution >= 0.6 is 11.6 Å². The summed E-state index contributed by atoms with van der Waals surface area (Å²) in [6, 6.07) is 17.8. The zero-order valence-corrected chi connectivity index (χ0v) is 19.0. The monoisotopic (exact) mass is 481 g/mol. The molecular formula is C24H20ClN3O6. The molecule has 0 heterocycles. The Morgan fingerprint density at radius 1 is 0.853 bits per heavy atom. The Morgan fingerprint density at radius 2 is 1.56 bits per heavy atom. The Kier molecular flexibility index (Phi) is 8.20. The zero-order chi connectivity index (χ0) is 24.5. The van der Waals surface area contributed by atoms with Gasteiger partial charge in [-0.1, -0.05) is 35.9 Å². The Bertz CT molecular complexity index is 1240. The van der Waals surface area contributed by atoms with Crippen LogP contribution in [-0.4, -0.2) is 38.2 Å². The maximum absolute atomic E-state index is 12.5. The van der Waals surface area contributed by atoms with E-state index in [1.807, 2.05) is 0 Å². The highest BCUT2D eigenvalue weighted by molar-refractivity contribution is 6.41. The number of anilines is 1. The van der Waals surface area contributed by atoms with Gasteiger partial charge in [-0.3, -0.25) is 9.59 Å². The highest BCUT2D eigenvalue weighted by Gasteiger charge is 2.17. The summed E-state index contributed by atoms with van der Waals surface area (Å²) < 4.78 is 15.9. The second kappa shape index (κ2) is 11.5. The van der Waals surface area contributed by atoms with Crippen molar-refractivity contribution in [1.29, 1.82) is 0 Å². The smallest absolute Gasteiger partial charge is 0.347 e. The number of nitrogens with one attached hydrogen (secondary N) is 2. The summed E-state index contributed by atoms with van der Waals surface area (Å²) >= 11 is 5.95. The first-order chi connectivity index (χ1) is 16.4. The average molecular weight is 482 g/mol. The molecule has 0 spiro atoms. The first kappa shape index (κ1) is 24.3. The summed E-state index contributed by atoms with van der Waals surface area (Å²) in [5.74, 6) is -1.71. The molecule has 0 aliphatic heterocycles. The van der Waals surface area contributed by atoms with Crippen molar-refractivity contribution >= 4 is 41.3 Å². The largest absolute Gasteiger partial charge is 0.496 e. The minimum absolute atomic E-state index is 0.179. The lowest BCUT2D eigenvalue weighted by molar-refractivity contribution is -0.136. The van der Waals surface area contributed by atoms with E-state index >= 15 is 0 Å². The second-order valence-electron chi connectivity index (χ2n) is 6.63. The predicted octanol–water partition coefficient (Wildman–Crippen LogP) is 3.67. The van der Waals surface area contributed by atoms with E-state index in [0.29, 0.717) is 22.0 Å². The van der Waals surface area contributed by atoms with E-state index in [9.17, 15) is 14.4 Å². The number of nitrogens with zero attached hydrogens (tertiary/aromatic N) is 1. The van der Waals surface area contributed by atoms with Gasteiger partial charge in [-0.05, 0) is 48.0 Å². The van der Waals surface area contributed by atoms with Gasteiger partial charge in [-0.2, -0.15) is 5.10 Å². The molecule has 2 amide bonds. The maximum Gasteiger partial charge on any atom is 0.347 e. The molecule has 0 radical (unpaired) electrons. The third kappa shape index (κ3) is 6.11. The Balaban J connectivity index is 1.63. The summed E-state index contributed by atoms with van der Waals surface area (Å²) in [7, 11) is 2.87. The van der Waals surface area contributed by atoms with Gasteiger partial charge in [0.1, 0.15) is 11.3 Å². The van der Waals surface area contributed by atoms with Crippen molar-refractivity contribution in [2.24, 2.45) is 5.10 Å². The number of carbonyl (C=O) groups excluding carboxylic acids is 3. The number of carbonyl (C=O) groups is 3. The summed E-state index contributed by atoms with van der Waals surface area (Å²) in [5.41, 5.74) is 3.20. The molecular weight excluding hydrogens is 462 g/mol. The van der Waals surface area contributed by atoms with Gasteiger partial charge >= 0.3 is 17.8 Å². The molecule has 0 saturated heterocycles. The lowest BCUT2D eigenvalue weighted by atomic mass is 10.2. The molecule has 174 valence electrons. The van der Waals surface area contributed by atoms with Crippen molar-refractivity contribution < 1.29 is 28.6 Å². The highest BCUT2D eigenvalue weighted by Crippen LogP contribution is 2.29. The van der Waals surface area contributed by atoms with Crippen LogP contribution in [0.2, 0.25) is 5.02 Å². The van der Waals surface area contributed by atoms with Gasteiger partial charge in [0.15, 0.2) is 11.5 Å². The first-order valence-corrected chi connectivity index (χ1v) is 10.2. The number of para-hydroxylation sites is 2. The van der Waals surface area contributed by atoms with Gasteiger partial charge in [0.05, 0.1) is 31.1 Å². The van der Waals surface area contributed by atoms with E-state index < -0.39 is 17.8 Å². The fourth-order valence-corrected chi connectivity index (χ4v) is 2.96. The summed E-state index contributed by atoms with van der Waals surface area (Å²) in [6.45, 7) is 0. The quantitative estimate of drug-likeness (QED) is 0.175. The molecule has 0 bridgehead atoms. The number of ether oxygens (including phenoxy) is 3. The number of esters is 1. The molecule has 0 aliphatic rings. The van der Waals surface area contributed by atoms with Crippen LogP contribution in [0.25, 0.3) is 0 Å². The molecule has 0 atom stereocenters. The van der Waals surface area contributed by atoms with Crippen molar-refractivity contribution in [2.45, 2.75) is 0 Å². The fourth-order valence-electron chi connectivity index (χ4n) is 2.77. The van der Waals surface area contributed by atoms with Crippen LogP contribution in [0.15, 0.2) is 71.8 Å². The van der Waals surface area contributed by atoms with Crippen LogP contribution in [0.1, 0.15) is 15.9 Å². The topological polar surface area (TPSA) is 115 Å². The van der Waals surface area contributed by atoms with Crippen LogP contribution in [0.4, 0.5) is 5.69 Å². The molecule has 0 aromatic heterocycles. The number of amides is 2. The molecule has 0 unspecified atom stereocenters. The van der Waals surface area contributed by atoms with Crippen molar-refractivity contribution in [3.05, 3.63) is 82.9 Å². The lowest BCUT2D eigenvalue weighted by Crippen LogP contribution is -2.32. The normalized spacial score (nSPS) is 10.4. The van der Waals surface area contributed by atoms with E-state index in [2.05, 4.69) is 15.8 Å². The third-order valence-electron chi connectivity index (χ3n) is 4.43. The molecule has 0 fully saturated rings. The van der Waals surface area contributed by atoms with E-state index in [0.717, 1.165) is 0 Å². The van der Waals surface area contributed by atoms with E-state index in [1.165, 1.54) is 26.5 Å². The number of methoxy groups -OCH3 is 2. The lowest BCUT2D eigenvalue weighted by Gasteiger charge is -2.11. The summed E-state index contributed by atoms with van der Waals surface area (Å²) in [6.07, 6.45) is 1.30. The van der Waals surface area contributed by atoms with Gasteiger partial charge in [-0.15, -0.1) is 0 Å². The Labute approximate surface area is 200 Å². The van der Waals surface area contributed by atoms with E-state index in [-0.39, 0.29) is 17.1 Å². The molecule has 9 nitrogen and oxygen atoms in total. The second-order valence-corrected chi connectivity index (χ2v) is 7.04. The van der Waals surface area contributed by atoms with Crippen LogP contribution in [0, 0.1) is 0 Å². The van der Waals surface area contributed by atoms with Gasteiger partial charge in [0, 0.05) is 0 Å². The van der Waals surface area contributed by atoms with Crippen molar-refractivity contribution in [3.8, 4) is 17.2 Å². The van der Waals surface area contributed by atoms with Crippen LogP contribution in [0.5, 0.6) is 17.2 Å². The third-order valence-corrected chi connectivity index (χ3v) is 4.75. The molecule has 0 aliphatic carbocycles. The van der Waals surface area contributed by atoms with Crippen LogP contribution in [0.3, 0.4) is 0 Å². The molecule has 0 saturated carbocycles. The van der Waals surface area contributed by atoms with E-state index in [4.69, 9.17) is 25.8 Å². The maximum atomic E-state index is 12.5. The summed E-state index contributed by atoms with van der Waals surface area (Å²) in [5, 5.41) is 6.45. The molecule has 34 heavy (non-hydrogen) atoms. The number of halogens is 1. The molecule has 3 rings (SSSR count). The Morgan fingerprint density at radius 3 is 2.29 bits per heavy atom.